The predicted octanol–water partition coefficient (Wildman–Crippen LogP) is 2.64. The van der Waals surface area contributed by atoms with Crippen molar-refractivity contribution in [3.05, 3.63) is 41.2 Å². The second kappa shape index (κ2) is 4.31. The lowest BCUT2D eigenvalue weighted by Gasteiger charge is -2.06. The Morgan fingerprint density at radius 1 is 1.53 bits per heavy atom. The number of hydrogen-bond acceptors (Lipinski definition) is 4. The molecule has 2 aromatic heterocycles. The van der Waals surface area contributed by atoms with E-state index in [2.05, 4.69) is 15.3 Å². The minimum Gasteiger partial charge on any atom is -0.472 e. The Labute approximate surface area is 92.3 Å². The van der Waals surface area contributed by atoms with E-state index in [0.29, 0.717) is 6.54 Å². The third-order valence-corrected chi connectivity index (χ3v) is 2.16. The third-order valence-electron chi connectivity index (χ3n) is 1.98. The van der Waals surface area contributed by atoms with E-state index in [4.69, 9.17) is 16.0 Å². The van der Waals surface area contributed by atoms with Gasteiger partial charge in [-0.3, -0.25) is 0 Å². The number of rotatable bonds is 3. The number of anilines is 1. The Bertz CT molecular complexity index is 442. The zero-order valence-electron chi connectivity index (χ0n) is 8.20. The van der Waals surface area contributed by atoms with Crippen LogP contribution in [0.15, 0.2) is 29.2 Å². The van der Waals surface area contributed by atoms with Crippen LogP contribution in [0.25, 0.3) is 0 Å². The normalized spacial score (nSPS) is 10.3. The molecule has 0 saturated heterocycles. The maximum Gasteiger partial charge on any atom is 0.224 e. The Hall–Kier alpha value is -1.55. The second-order valence-electron chi connectivity index (χ2n) is 3.16. The summed E-state index contributed by atoms with van der Waals surface area (Å²) < 4.78 is 4.96. The average Bonchev–Trinajstić information content (AvgIpc) is 2.72. The van der Waals surface area contributed by atoms with E-state index in [1.807, 2.05) is 13.0 Å². The van der Waals surface area contributed by atoms with Gasteiger partial charge in [0.25, 0.3) is 0 Å². The molecule has 2 heterocycles. The van der Waals surface area contributed by atoms with Crippen LogP contribution in [0.1, 0.15) is 11.1 Å². The van der Waals surface area contributed by atoms with Crippen LogP contribution < -0.4 is 5.32 Å². The number of nitrogens with zero attached hydrogens (tertiary/aromatic N) is 2. The number of hydrogen-bond donors (Lipinski definition) is 1. The molecule has 0 aliphatic heterocycles. The maximum absolute atomic E-state index is 5.70. The smallest absolute Gasteiger partial charge is 0.224 e. The van der Waals surface area contributed by atoms with Crippen LogP contribution in [-0.2, 0) is 6.54 Å². The molecule has 0 spiro atoms. The lowest BCUT2D eigenvalue weighted by Crippen LogP contribution is -2.03. The van der Waals surface area contributed by atoms with Crippen molar-refractivity contribution in [2.24, 2.45) is 0 Å². The van der Waals surface area contributed by atoms with Crippen LogP contribution in [0.5, 0.6) is 0 Å². The van der Waals surface area contributed by atoms with Crippen LogP contribution >= 0.6 is 11.6 Å². The van der Waals surface area contributed by atoms with E-state index in [0.717, 1.165) is 16.9 Å². The molecule has 0 unspecified atom stereocenters. The Morgan fingerprint density at radius 3 is 3.13 bits per heavy atom. The Morgan fingerprint density at radius 2 is 2.40 bits per heavy atom. The number of nitrogens with one attached hydrogen (secondary N) is 1. The van der Waals surface area contributed by atoms with Crippen molar-refractivity contribution >= 4 is 17.4 Å². The number of furan rings is 1. The van der Waals surface area contributed by atoms with Crippen molar-refractivity contribution in [2.45, 2.75) is 13.5 Å². The number of halogens is 1. The lowest BCUT2D eigenvalue weighted by atomic mass is 10.3. The molecule has 4 nitrogen and oxygen atoms in total. The van der Waals surface area contributed by atoms with Gasteiger partial charge in [-0.2, -0.15) is 0 Å². The molecule has 2 rings (SSSR count). The Balaban J connectivity index is 2.07. The van der Waals surface area contributed by atoms with Crippen LogP contribution in [0.3, 0.4) is 0 Å². The van der Waals surface area contributed by atoms with Crippen LogP contribution in [0, 0.1) is 6.92 Å². The van der Waals surface area contributed by atoms with Crippen molar-refractivity contribution in [1.82, 2.24) is 9.97 Å². The van der Waals surface area contributed by atoms with Gasteiger partial charge in [0.2, 0.25) is 5.28 Å². The molecule has 0 saturated carbocycles. The van der Waals surface area contributed by atoms with Gasteiger partial charge in [-0.05, 0) is 24.6 Å². The first-order valence-electron chi connectivity index (χ1n) is 4.50. The molecule has 2 aromatic rings. The molecule has 0 bridgehead atoms. The second-order valence-corrected chi connectivity index (χ2v) is 3.49. The minimum atomic E-state index is 0.246. The largest absolute Gasteiger partial charge is 0.472 e. The monoisotopic (exact) mass is 223 g/mol. The van der Waals surface area contributed by atoms with Gasteiger partial charge >= 0.3 is 0 Å². The number of aromatic nitrogens is 2. The summed E-state index contributed by atoms with van der Waals surface area (Å²) >= 11 is 5.70. The van der Waals surface area contributed by atoms with Gasteiger partial charge in [-0.25, -0.2) is 9.97 Å². The zero-order chi connectivity index (χ0) is 10.7. The van der Waals surface area contributed by atoms with Crippen LogP contribution in [0.4, 0.5) is 5.82 Å². The summed E-state index contributed by atoms with van der Waals surface area (Å²) in [4.78, 5) is 7.96. The van der Waals surface area contributed by atoms with Gasteiger partial charge < -0.3 is 9.73 Å². The molecule has 0 aliphatic rings. The molecule has 0 radical (unpaired) electrons. The van der Waals surface area contributed by atoms with Crippen molar-refractivity contribution in [2.75, 3.05) is 5.32 Å². The van der Waals surface area contributed by atoms with Crippen LogP contribution in [-0.4, -0.2) is 9.97 Å². The highest BCUT2D eigenvalue weighted by molar-refractivity contribution is 6.28. The summed E-state index contributed by atoms with van der Waals surface area (Å²) in [6.45, 7) is 2.58. The molecule has 0 amide bonds. The highest BCUT2D eigenvalue weighted by Crippen LogP contribution is 2.13. The molecule has 0 aliphatic carbocycles. The topological polar surface area (TPSA) is 51.0 Å². The maximum atomic E-state index is 5.70. The summed E-state index contributed by atoms with van der Waals surface area (Å²) in [5.74, 6) is 0.746. The third kappa shape index (κ3) is 2.47. The molecule has 0 fully saturated rings. The van der Waals surface area contributed by atoms with Gasteiger partial charge in [0.1, 0.15) is 5.82 Å². The molecule has 0 atom stereocenters. The van der Waals surface area contributed by atoms with E-state index in [1.165, 1.54) is 0 Å². The molecular weight excluding hydrogens is 214 g/mol. The fourth-order valence-electron chi connectivity index (χ4n) is 1.18. The summed E-state index contributed by atoms with van der Waals surface area (Å²) in [5.41, 5.74) is 2.02. The SMILES string of the molecule is Cc1cnc(Cl)nc1NCc1ccoc1. The molecule has 1 N–H and O–H groups in total. The molecule has 5 heteroatoms. The van der Waals surface area contributed by atoms with Gasteiger partial charge in [-0.15, -0.1) is 0 Å². The first-order valence-corrected chi connectivity index (χ1v) is 4.87. The quantitative estimate of drug-likeness (QED) is 0.813. The van der Waals surface area contributed by atoms with Gasteiger partial charge in [0, 0.05) is 23.9 Å². The Kier molecular flexibility index (Phi) is 2.87. The van der Waals surface area contributed by atoms with Crippen molar-refractivity contribution in [3.8, 4) is 0 Å². The van der Waals surface area contributed by atoms with E-state index in [-0.39, 0.29) is 5.28 Å². The fraction of sp³-hybridized carbons (Fsp3) is 0.200. The highest BCUT2D eigenvalue weighted by atomic mass is 35.5. The van der Waals surface area contributed by atoms with E-state index in [1.54, 1.807) is 18.7 Å². The minimum absolute atomic E-state index is 0.246. The van der Waals surface area contributed by atoms with E-state index < -0.39 is 0 Å². The fourth-order valence-corrected chi connectivity index (χ4v) is 1.31. The van der Waals surface area contributed by atoms with Crippen molar-refractivity contribution in [3.63, 3.8) is 0 Å². The molecular formula is C10H10ClN3O. The highest BCUT2D eigenvalue weighted by Gasteiger charge is 2.02. The average molecular weight is 224 g/mol. The van der Waals surface area contributed by atoms with E-state index >= 15 is 0 Å². The van der Waals surface area contributed by atoms with Crippen molar-refractivity contribution in [1.29, 1.82) is 0 Å². The predicted molar refractivity (Wildman–Crippen MR) is 57.8 cm³/mol. The number of aryl methyl sites for hydroxylation is 1. The molecule has 78 valence electrons. The van der Waals surface area contributed by atoms with Crippen molar-refractivity contribution < 1.29 is 4.42 Å². The molecule has 15 heavy (non-hydrogen) atoms. The summed E-state index contributed by atoms with van der Waals surface area (Å²) in [6, 6.07) is 1.89. The van der Waals surface area contributed by atoms with Gasteiger partial charge in [0.05, 0.1) is 12.5 Å². The summed E-state index contributed by atoms with van der Waals surface area (Å²) in [7, 11) is 0. The first kappa shape index (κ1) is 9.98. The first-order chi connectivity index (χ1) is 7.25. The van der Waals surface area contributed by atoms with E-state index in [9.17, 15) is 0 Å². The zero-order valence-corrected chi connectivity index (χ0v) is 8.95. The standard InChI is InChI=1S/C10H10ClN3O/c1-7-4-13-10(11)14-9(7)12-5-8-2-3-15-6-8/h2-4,6H,5H2,1H3,(H,12,13,14). The van der Waals surface area contributed by atoms with Gasteiger partial charge in [0.15, 0.2) is 0 Å². The lowest BCUT2D eigenvalue weighted by molar-refractivity contribution is 0.564. The summed E-state index contributed by atoms with van der Waals surface area (Å²) in [5, 5.41) is 3.41. The van der Waals surface area contributed by atoms with Gasteiger partial charge in [-0.1, -0.05) is 0 Å². The van der Waals surface area contributed by atoms with Crippen LogP contribution in [0.2, 0.25) is 5.28 Å². The summed E-state index contributed by atoms with van der Waals surface area (Å²) in [6.07, 6.45) is 5.01. The molecule has 0 aromatic carbocycles.